The van der Waals surface area contributed by atoms with Gasteiger partial charge in [-0.15, -0.1) is 53.1 Å². The smallest absolute Gasteiger partial charge is 0.0727 e. The molecule has 67 heavy (non-hydrogen) atoms. The third-order valence-electron chi connectivity index (χ3n) is 11.1. The third kappa shape index (κ3) is 10.2. The normalized spacial score (nSPS) is 13.1. The van der Waals surface area contributed by atoms with Crippen molar-refractivity contribution < 1.29 is 45.9 Å². The van der Waals surface area contributed by atoms with E-state index < -0.39 is 0 Å². The van der Waals surface area contributed by atoms with Gasteiger partial charge in [0.2, 0.25) is 0 Å². The van der Waals surface area contributed by atoms with Crippen molar-refractivity contribution in [1.82, 2.24) is 9.97 Å². The van der Waals surface area contributed by atoms with Gasteiger partial charge < -0.3 is 44.1 Å². The average Bonchev–Trinajstić information content (AvgIpc) is 4.05. The second kappa shape index (κ2) is 21.6. The molecule has 0 atom stereocenters. The maximum atomic E-state index is 9.55. The molecule has 2 aromatic heterocycles. The van der Waals surface area contributed by atoms with Gasteiger partial charge >= 0.3 is 0 Å². The first kappa shape index (κ1) is 46.6. The number of rotatable bonds is 11. The minimum absolute atomic E-state index is 0. The first-order valence-corrected chi connectivity index (χ1v) is 21.4. The van der Waals surface area contributed by atoms with Gasteiger partial charge in [-0.2, -0.15) is 98.1 Å². The molecule has 10 nitrogen and oxygen atoms in total. The van der Waals surface area contributed by atoms with Crippen LogP contribution >= 0.6 is 0 Å². The minimum atomic E-state index is 0. The van der Waals surface area contributed by atoms with E-state index in [9.17, 15) is 5.26 Å². The first-order chi connectivity index (χ1) is 32.1. The Bertz CT molecular complexity index is 2840. The van der Waals surface area contributed by atoms with Crippen LogP contribution in [-0.4, -0.2) is 30.1 Å². The molecule has 3 aliphatic heterocycles. The van der Waals surface area contributed by atoms with Crippen LogP contribution in [0.5, 0.6) is 11.5 Å². The molecular weight excluding hydrogens is 1190 g/mol. The van der Waals surface area contributed by atoms with Gasteiger partial charge in [0.1, 0.15) is 0 Å². The van der Waals surface area contributed by atoms with Crippen molar-refractivity contribution in [3.05, 3.63) is 220 Å². The number of ether oxygens (including phenoxy) is 1. The van der Waals surface area contributed by atoms with E-state index >= 15 is 0 Å². The van der Waals surface area contributed by atoms with Gasteiger partial charge in [-0.05, 0) is 81.8 Å². The third-order valence-corrected chi connectivity index (χ3v) is 11.1. The van der Waals surface area contributed by atoms with E-state index in [1.165, 1.54) is 22.7 Å². The molecular formula is C55H41IrN9OPt-8. The average molecular weight is 1230 g/mol. The molecule has 0 spiro atoms. The summed E-state index contributed by atoms with van der Waals surface area (Å²) in [5.41, 5.74) is 11.4. The fourth-order valence-corrected chi connectivity index (χ4v) is 8.08. The molecule has 8 aromatic rings. The Morgan fingerprint density at radius 2 is 1.06 bits per heavy atom. The zero-order valence-corrected chi connectivity index (χ0v) is 40.9. The molecule has 3 aliphatic rings. The molecule has 5 heterocycles. The predicted molar refractivity (Wildman–Crippen MR) is 257 cm³/mol. The fraction of sp³-hybridized carbons (Fsp3) is 0.0909. The number of fused-ring (bicyclic) bond motifs is 3. The number of hydrogen-bond donors (Lipinski definition) is 0. The molecule has 0 aliphatic carbocycles. The number of anilines is 9. The maximum Gasteiger partial charge on any atom is 0.0727 e. The van der Waals surface area contributed by atoms with Crippen LogP contribution in [0.3, 0.4) is 0 Å². The van der Waals surface area contributed by atoms with Crippen molar-refractivity contribution in [3.8, 4) is 29.0 Å². The van der Waals surface area contributed by atoms with Crippen LogP contribution in [0.15, 0.2) is 164 Å². The number of nitrogens with zero attached hydrogens (tertiary/aromatic N) is 9. The van der Waals surface area contributed by atoms with E-state index in [4.69, 9.17) is 4.74 Å². The monoisotopic (exact) mass is 1230 g/mol. The van der Waals surface area contributed by atoms with Gasteiger partial charge in [-0.1, -0.05) is 47.6 Å². The van der Waals surface area contributed by atoms with Crippen LogP contribution in [0.2, 0.25) is 0 Å². The summed E-state index contributed by atoms with van der Waals surface area (Å²) in [6.45, 7) is 8.33. The number of hydrogen-bond acceptors (Lipinski definition) is 10. The maximum absolute atomic E-state index is 9.55. The molecule has 6 aromatic carbocycles. The van der Waals surface area contributed by atoms with Gasteiger partial charge in [0.25, 0.3) is 0 Å². The molecule has 0 saturated carbocycles. The second-order valence-corrected chi connectivity index (χ2v) is 15.4. The Kier molecular flexibility index (Phi) is 15.0. The number of para-hydroxylation sites is 8. The zero-order valence-electron chi connectivity index (χ0n) is 36.2. The van der Waals surface area contributed by atoms with Crippen molar-refractivity contribution in [1.29, 1.82) is 5.26 Å². The van der Waals surface area contributed by atoms with Gasteiger partial charge in [-0.25, -0.2) is 6.07 Å². The molecule has 339 valence electrons. The summed E-state index contributed by atoms with van der Waals surface area (Å²) >= 11 is 0. The molecule has 1 radical (unpaired) electrons. The van der Waals surface area contributed by atoms with Gasteiger partial charge in [0.15, 0.2) is 0 Å². The summed E-state index contributed by atoms with van der Waals surface area (Å²) in [5, 5.41) is 9.55. The van der Waals surface area contributed by atoms with Crippen molar-refractivity contribution in [2.75, 3.05) is 49.5 Å². The van der Waals surface area contributed by atoms with E-state index in [0.29, 0.717) is 34.1 Å². The predicted octanol–water partition coefficient (Wildman–Crippen LogP) is 11.8. The van der Waals surface area contributed by atoms with E-state index in [2.05, 4.69) is 152 Å². The molecule has 11 rings (SSSR count). The molecule has 0 unspecified atom stereocenters. The van der Waals surface area contributed by atoms with Crippen molar-refractivity contribution in [2.45, 2.75) is 12.8 Å². The summed E-state index contributed by atoms with van der Waals surface area (Å²) in [7, 11) is 1.98. The van der Waals surface area contributed by atoms with Crippen LogP contribution in [0.25, 0.3) is 11.4 Å². The van der Waals surface area contributed by atoms with Crippen LogP contribution in [0.1, 0.15) is 18.4 Å². The summed E-state index contributed by atoms with van der Waals surface area (Å²) in [6, 6.07) is 68.5. The van der Waals surface area contributed by atoms with E-state index in [0.717, 1.165) is 48.7 Å². The summed E-state index contributed by atoms with van der Waals surface area (Å²) in [4.78, 5) is 21.7. The van der Waals surface area contributed by atoms with Crippen LogP contribution in [0, 0.1) is 61.7 Å². The number of nitriles is 1. The van der Waals surface area contributed by atoms with E-state index in [-0.39, 0.29) is 41.2 Å². The molecule has 0 amide bonds. The van der Waals surface area contributed by atoms with Crippen LogP contribution in [-0.2, 0) is 41.2 Å². The van der Waals surface area contributed by atoms with E-state index in [1.54, 1.807) is 42.7 Å². The molecule has 0 saturated heterocycles. The topological polar surface area (TPSA) is 78.2 Å². The standard InChI is InChI=1S/C30H26N4.C25H15N5O.Ir.Pt/c1-3-13-25(14-4-1)33-23-31(27-17-7-9-19-29(27)33)21-11-12-22-32-24-34(26-15-5-2-6-16-26)30-20-10-8-18-28(30)32;1-29-17-30(25-8-3-2-7-24(25)29)19-12-18(16-26)13-21(14-19)31-20-9-11-28-23(15-20)22-6-4-5-10-27-22;;/h1-10,13,15,17-20,23-24H,11-12,21-22H2;2-5,7-13,17H,1H3;;/q2*-4;;. The minimum Gasteiger partial charge on any atom is -0.510 e. The number of benzene rings is 6. The van der Waals surface area contributed by atoms with Gasteiger partial charge in [-0.3, -0.25) is 0 Å². The van der Waals surface area contributed by atoms with Gasteiger partial charge in [0, 0.05) is 86.8 Å². The Morgan fingerprint density at radius 1 is 0.537 bits per heavy atom. The molecule has 0 fully saturated rings. The summed E-state index contributed by atoms with van der Waals surface area (Å²) < 4.78 is 6.00. The Labute approximate surface area is 420 Å². The fourth-order valence-electron chi connectivity index (χ4n) is 8.08. The van der Waals surface area contributed by atoms with Crippen LogP contribution < -0.4 is 34.1 Å². The van der Waals surface area contributed by atoms with Gasteiger partial charge in [0.05, 0.1) is 6.07 Å². The summed E-state index contributed by atoms with van der Waals surface area (Å²) in [6.07, 6.45) is 5.49. The van der Waals surface area contributed by atoms with Crippen molar-refractivity contribution >= 4 is 51.2 Å². The van der Waals surface area contributed by atoms with E-state index in [1.807, 2.05) is 72.0 Å². The molecule has 0 N–H and O–H groups in total. The van der Waals surface area contributed by atoms with Crippen molar-refractivity contribution in [3.63, 3.8) is 0 Å². The Balaban J connectivity index is 0.000000177. The summed E-state index contributed by atoms with van der Waals surface area (Å²) in [5.74, 6) is 0.858. The SMILES string of the molecule is CN1[CH-]N(c2[c-]c(Oc3[c-]c(-c4[c-]cccn4)ncc3)cc(C#N)c2)c2ccccc21.[Ir].[Pt].[c-]1ccccc1N1[CH-]N(CCCCN2[CH-]N(c3[c-]cccc3)c3ccccc32)c2ccccc21. The second-order valence-electron chi connectivity index (χ2n) is 15.4. The number of pyridine rings is 2. The Hall–Kier alpha value is -6.95. The Morgan fingerprint density at radius 3 is 1.61 bits per heavy atom. The van der Waals surface area contributed by atoms with Crippen LogP contribution in [0.4, 0.5) is 51.2 Å². The largest absolute Gasteiger partial charge is 0.510 e. The number of aromatic nitrogens is 2. The quantitative estimate of drug-likeness (QED) is 0.0923. The van der Waals surface area contributed by atoms with Crippen molar-refractivity contribution in [2.24, 2.45) is 0 Å². The molecule has 12 heteroatoms. The first-order valence-electron chi connectivity index (χ1n) is 21.4. The molecule has 0 bridgehead atoms. The zero-order chi connectivity index (χ0) is 44.0. The number of unbranched alkanes of at least 4 members (excludes halogenated alkanes) is 1.